The summed E-state index contributed by atoms with van der Waals surface area (Å²) in [5.41, 5.74) is 7.43. The molecule has 0 aliphatic carbocycles. The van der Waals surface area contributed by atoms with Crippen molar-refractivity contribution in [2.45, 2.75) is 18.3 Å². The summed E-state index contributed by atoms with van der Waals surface area (Å²) >= 11 is 0. The van der Waals surface area contributed by atoms with Crippen LogP contribution in [0.2, 0.25) is 0 Å². The van der Waals surface area contributed by atoms with Gasteiger partial charge in [0.1, 0.15) is 11.9 Å². The van der Waals surface area contributed by atoms with Gasteiger partial charge in [0.05, 0.1) is 24.5 Å². The zero-order valence-electron chi connectivity index (χ0n) is 16.9. The molecule has 7 N–H and O–H groups in total. The molecule has 1 atom stereocenters. The number of aliphatic hydroxyl groups excluding tert-OH is 2. The summed E-state index contributed by atoms with van der Waals surface area (Å²) in [6, 6.07) is 10.6. The van der Waals surface area contributed by atoms with E-state index in [4.69, 9.17) is 11.1 Å². The van der Waals surface area contributed by atoms with Crippen LogP contribution in [0.15, 0.2) is 42.5 Å². The number of hydrogen-bond acceptors (Lipinski definition) is 7. The van der Waals surface area contributed by atoms with E-state index in [1.165, 1.54) is 47.4 Å². The average molecular weight is 462 g/mol. The molecule has 2 amide bonds. The van der Waals surface area contributed by atoms with Crippen LogP contribution in [0.5, 0.6) is 0 Å². The molecule has 0 spiro atoms. The van der Waals surface area contributed by atoms with Crippen LogP contribution in [-0.4, -0.2) is 55.5 Å². The third-order valence-electron chi connectivity index (χ3n) is 4.77. The predicted octanol–water partition coefficient (Wildman–Crippen LogP) is -0.0590. The molecule has 170 valence electrons. The maximum atomic E-state index is 12.8. The molecule has 1 heterocycles. The van der Waals surface area contributed by atoms with E-state index in [2.05, 4.69) is 10.0 Å². The van der Waals surface area contributed by atoms with Gasteiger partial charge < -0.3 is 26.2 Å². The lowest BCUT2D eigenvalue weighted by molar-refractivity contribution is -0.129. The van der Waals surface area contributed by atoms with E-state index in [0.29, 0.717) is 28.2 Å². The first-order valence-corrected chi connectivity index (χ1v) is 11.2. The summed E-state index contributed by atoms with van der Waals surface area (Å²) in [6.07, 6.45) is -2.21. The second-order valence-corrected chi connectivity index (χ2v) is 8.89. The number of nitrogens with one attached hydrogen (secondary N) is 3. The highest BCUT2D eigenvalue weighted by molar-refractivity contribution is 7.92. The molecular formula is C20H23N5O6S. The molecule has 12 heteroatoms. The fourth-order valence-corrected chi connectivity index (χ4v) is 4.45. The number of anilines is 3. The van der Waals surface area contributed by atoms with Gasteiger partial charge in [-0.15, -0.1) is 0 Å². The highest BCUT2D eigenvalue weighted by Crippen LogP contribution is 2.31. The first-order valence-electron chi connectivity index (χ1n) is 9.57. The van der Waals surface area contributed by atoms with E-state index in [9.17, 15) is 28.2 Å². The van der Waals surface area contributed by atoms with Gasteiger partial charge in [0.15, 0.2) is 0 Å². The molecule has 0 radical (unpaired) electrons. The van der Waals surface area contributed by atoms with Gasteiger partial charge >= 0.3 is 0 Å². The number of carbonyl (C=O) groups excluding carboxylic acids is 2. The summed E-state index contributed by atoms with van der Waals surface area (Å²) in [5, 5.41) is 29.4. The highest BCUT2D eigenvalue weighted by Gasteiger charge is 2.27. The van der Waals surface area contributed by atoms with Crippen molar-refractivity contribution in [1.82, 2.24) is 0 Å². The van der Waals surface area contributed by atoms with Crippen LogP contribution in [0.4, 0.5) is 17.1 Å². The number of nitrogen functional groups attached to an aromatic ring is 1. The minimum Gasteiger partial charge on any atom is -0.395 e. The minimum atomic E-state index is -3.46. The monoisotopic (exact) mass is 461 g/mol. The normalized spacial score (nSPS) is 14.7. The molecule has 0 saturated carbocycles. The maximum absolute atomic E-state index is 12.8. The molecule has 2 aromatic rings. The molecule has 0 bridgehead atoms. The third-order valence-corrected chi connectivity index (χ3v) is 5.99. The van der Waals surface area contributed by atoms with Crippen LogP contribution >= 0.6 is 0 Å². The average Bonchev–Trinajstić information content (AvgIpc) is 3.05. The van der Waals surface area contributed by atoms with Crippen LogP contribution in [0, 0.1) is 5.41 Å². The molecule has 0 unspecified atom stereocenters. The van der Waals surface area contributed by atoms with Gasteiger partial charge in [-0.25, -0.2) is 8.42 Å². The van der Waals surface area contributed by atoms with Crippen molar-refractivity contribution < 1.29 is 28.2 Å². The quantitative estimate of drug-likeness (QED) is 0.235. The van der Waals surface area contributed by atoms with Crippen LogP contribution in [0.25, 0.3) is 0 Å². The minimum absolute atomic E-state index is 0.0986. The summed E-state index contributed by atoms with van der Waals surface area (Å²) in [5.74, 6) is -1.79. The van der Waals surface area contributed by atoms with Gasteiger partial charge in [-0.3, -0.25) is 19.7 Å². The molecule has 1 aliphatic heterocycles. The Bertz CT molecular complexity index is 1150. The Morgan fingerprint density at radius 2 is 1.91 bits per heavy atom. The number of fused-ring (bicyclic) bond motifs is 1. The largest absolute Gasteiger partial charge is 0.395 e. The Balaban J connectivity index is 1.68. The molecule has 1 aliphatic rings. The van der Waals surface area contributed by atoms with E-state index < -0.39 is 34.4 Å². The number of rotatable bonds is 8. The topological polar surface area (TPSA) is 186 Å². The number of hydrogen-bond donors (Lipinski definition) is 6. The van der Waals surface area contributed by atoms with Crippen molar-refractivity contribution in [3.05, 3.63) is 53.6 Å². The third kappa shape index (κ3) is 5.41. The summed E-state index contributed by atoms with van der Waals surface area (Å²) in [6.45, 7) is -0.469. The fourth-order valence-electron chi connectivity index (χ4n) is 3.20. The Kier molecular flexibility index (Phi) is 6.77. The van der Waals surface area contributed by atoms with Gasteiger partial charge in [0, 0.05) is 23.5 Å². The number of benzene rings is 2. The second kappa shape index (κ2) is 9.34. The number of sulfonamides is 1. The number of aliphatic hydroxyl groups is 2. The van der Waals surface area contributed by atoms with Gasteiger partial charge in [-0.2, -0.15) is 0 Å². The smallest absolute Gasteiger partial charge is 0.253 e. The van der Waals surface area contributed by atoms with Crippen molar-refractivity contribution in [3.63, 3.8) is 0 Å². The summed E-state index contributed by atoms with van der Waals surface area (Å²) < 4.78 is 25.8. The van der Waals surface area contributed by atoms with Crippen LogP contribution in [0.1, 0.15) is 17.5 Å². The first kappa shape index (κ1) is 23.2. The predicted molar refractivity (Wildman–Crippen MR) is 119 cm³/mol. The van der Waals surface area contributed by atoms with E-state index in [1.807, 2.05) is 0 Å². The maximum Gasteiger partial charge on any atom is 0.253 e. The highest BCUT2D eigenvalue weighted by atomic mass is 32.2. The number of nitrogens with zero attached hydrogens (tertiary/aromatic N) is 1. The number of amides is 2. The van der Waals surface area contributed by atoms with Crippen LogP contribution in [0.3, 0.4) is 0 Å². The van der Waals surface area contributed by atoms with E-state index >= 15 is 0 Å². The standard InChI is InChI=1S/C20H23N5O6S/c21-19(22)12-1-3-14(4-2-12)23-20(29)17(27)10-18(28)25(7-8-26)15-5-6-16-13(9-15)11-32(30,31)24-16/h1-6,9,17,24,26-27H,7-8,10-11H2,(H3,21,22)(H,23,29)/t17-/m1/s1. The molecule has 11 nitrogen and oxygen atoms in total. The molecular weight excluding hydrogens is 438 g/mol. The van der Waals surface area contributed by atoms with E-state index in [1.54, 1.807) is 0 Å². The molecule has 0 fully saturated rings. The van der Waals surface area contributed by atoms with Crippen LogP contribution in [-0.2, 0) is 25.4 Å². The Morgan fingerprint density at radius 1 is 1.22 bits per heavy atom. The molecule has 0 aromatic heterocycles. The fraction of sp³-hybridized carbons (Fsp3) is 0.250. The van der Waals surface area contributed by atoms with E-state index in [0.717, 1.165) is 0 Å². The summed E-state index contributed by atoms with van der Waals surface area (Å²) in [7, 11) is -3.46. The molecule has 0 saturated heterocycles. The lowest BCUT2D eigenvalue weighted by Gasteiger charge is -2.23. The second-order valence-electron chi connectivity index (χ2n) is 7.17. The van der Waals surface area contributed by atoms with Crippen molar-refractivity contribution in [3.8, 4) is 0 Å². The Morgan fingerprint density at radius 3 is 2.53 bits per heavy atom. The zero-order chi connectivity index (χ0) is 23.5. The number of carbonyl (C=O) groups is 2. The van der Waals surface area contributed by atoms with Gasteiger partial charge in [0.2, 0.25) is 15.9 Å². The lowest BCUT2D eigenvalue weighted by Crippen LogP contribution is -2.39. The van der Waals surface area contributed by atoms with Crippen molar-refractivity contribution >= 4 is 44.7 Å². The molecule has 32 heavy (non-hydrogen) atoms. The molecule has 3 rings (SSSR count). The van der Waals surface area contributed by atoms with Crippen LogP contribution < -0.4 is 20.7 Å². The Hall–Kier alpha value is -3.48. The Labute approximate surface area is 184 Å². The number of amidine groups is 1. The zero-order valence-corrected chi connectivity index (χ0v) is 17.7. The van der Waals surface area contributed by atoms with Gasteiger partial charge in [0.25, 0.3) is 5.91 Å². The molecule has 2 aromatic carbocycles. The first-order chi connectivity index (χ1) is 15.1. The summed E-state index contributed by atoms with van der Waals surface area (Å²) in [4.78, 5) is 26.2. The SMILES string of the molecule is N=C(N)c1ccc(NC(=O)[C@H](O)CC(=O)N(CCO)c2ccc3c(c2)CS(=O)(=O)N3)cc1. The lowest BCUT2D eigenvalue weighted by atomic mass is 10.1. The van der Waals surface area contributed by atoms with Crippen molar-refractivity contribution in [1.29, 1.82) is 5.41 Å². The number of nitrogens with two attached hydrogens (primary N) is 1. The van der Waals surface area contributed by atoms with E-state index in [-0.39, 0.29) is 24.7 Å². The van der Waals surface area contributed by atoms with Gasteiger partial charge in [-0.1, -0.05) is 0 Å². The van der Waals surface area contributed by atoms with Gasteiger partial charge in [-0.05, 0) is 48.0 Å². The van der Waals surface area contributed by atoms with Crippen molar-refractivity contribution in [2.75, 3.05) is 28.1 Å². The van der Waals surface area contributed by atoms with Crippen molar-refractivity contribution in [2.24, 2.45) is 5.73 Å².